The molecule has 27 heavy (non-hydrogen) atoms. The molecule has 1 N–H and O–H groups in total. The number of aromatic nitrogens is 5. The number of nitrogens with one attached hydrogen (secondary N) is 1. The number of carbonyl (C=O) groups is 1. The summed E-state index contributed by atoms with van der Waals surface area (Å²) in [5.41, 5.74) is 0.0775. The van der Waals surface area contributed by atoms with E-state index < -0.39 is 11.2 Å². The molecular weight excluding hydrogens is 348 g/mol. The van der Waals surface area contributed by atoms with Crippen LogP contribution in [0.4, 0.5) is 0 Å². The molecule has 3 aromatic heterocycles. The van der Waals surface area contributed by atoms with Crippen LogP contribution in [0.2, 0.25) is 0 Å². The Bertz CT molecular complexity index is 1070. The molecule has 0 saturated carbocycles. The van der Waals surface area contributed by atoms with Crippen LogP contribution in [0.15, 0.2) is 34.4 Å². The van der Waals surface area contributed by atoms with Gasteiger partial charge in [-0.25, -0.2) is 9.78 Å². The zero-order valence-electron chi connectivity index (χ0n) is 15.8. The van der Waals surface area contributed by atoms with Gasteiger partial charge in [0.25, 0.3) is 11.5 Å². The smallest absolute Gasteiger partial charge is 0.332 e. The third-order valence-corrected chi connectivity index (χ3v) is 4.61. The Balaban J connectivity index is 1.88. The lowest BCUT2D eigenvalue weighted by molar-refractivity contribution is 0.0943. The molecular formula is C18H24N6O3. The molecule has 0 aliphatic rings. The van der Waals surface area contributed by atoms with Gasteiger partial charge in [-0.2, -0.15) is 0 Å². The minimum absolute atomic E-state index is 0.250. The summed E-state index contributed by atoms with van der Waals surface area (Å²) in [6.07, 6.45) is 6.85. The van der Waals surface area contributed by atoms with Crippen molar-refractivity contribution in [3.05, 3.63) is 51.3 Å². The molecule has 9 heteroatoms. The highest BCUT2D eigenvalue weighted by Crippen LogP contribution is 2.16. The summed E-state index contributed by atoms with van der Waals surface area (Å²) in [4.78, 5) is 41.4. The van der Waals surface area contributed by atoms with E-state index >= 15 is 0 Å². The van der Waals surface area contributed by atoms with Gasteiger partial charge in [-0.3, -0.25) is 18.7 Å². The van der Waals surface area contributed by atoms with E-state index in [9.17, 15) is 14.4 Å². The van der Waals surface area contributed by atoms with Gasteiger partial charge in [0.15, 0.2) is 0 Å². The van der Waals surface area contributed by atoms with Crippen LogP contribution in [0.25, 0.3) is 11.0 Å². The van der Waals surface area contributed by atoms with Crippen molar-refractivity contribution in [2.24, 2.45) is 14.1 Å². The van der Waals surface area contributed by atoms with Gasteiger partial charge in [0.05, 0.1) is 11.7 Å². The number of hydrogen-bond donors (Lipinski definition) is 1. The summed E-state index contributed by atoms with van der Waals surface area (Å²) in [5.74, 6) is -0.250. The molecule has 0 aromatic carbocycles. The molecule has 144 valence electrons. The zero-order chi connectivity index (χ0) is 19.6. The maximum absolute atomic E-state index is 12.7. The van der Waals surface area contributed by atoms with Crippen molar-refractivity contribution >= 4 is 16.9 Å². The van der Waals surface area contributed by atoms with Crippen molar-refractivity contribution in [3.8, 4) is 0 Å². The third kappa shape index (κ3) is 3.44. The van der Waals surface area contributed by atoms with E-state index in [1.54, 1.807) is 30.2 Å². The van der Waals surface area contributed by atoms with E-state index in [2.05, 4.69) is 10.3 Å². The Kier molecular flexibility index (Phi) is 5.29. The highest BCUT2D eigenvalue weighted by atomic mass is 16.2. The lowest BCUT2D eigenvalue weighted by Crippen LogP contribution is -2.37. The molecule has 3 rings (SSSR count). The van der Waals surface area contributed by atoms with Gasteiger partial charge < -0.3 is 14.5 Å². The van der Waals surface area contributed by atoms with Crippen LogP contribution in [0.3, 0.4) is 0 Å². The fraction of sp³-hybridized carbons (Fsp3) is 0.444. The van der Waals surface area contributed by atoms with Crippen molar-refractivity contribution in [3.63, 3.8) is 0 Å². The quantitative estimate of drug-likeness (QED) is 0.610. The third-order valence-electron chi connectivity index (χ3n) is 4.61. The van der Waals surface area contributed by atoms with Gasteiger partial charge in [-0.05, 0) is 18.9 Å². The molecule has 0 unspecified atom stereocenters. The fourth-order valence-corrected chi connectivity index (χ4v) is 3.25. The fourth-order valence-electron chi connectivity index (χ4n) is 3.25. The highest BCUT2D eigenvalue weighted by molar-refractivity contribution is 5.97. The maximum atomic E-state index is 12.7. The number of fused-ring (bicyclic) bond motifs is 1. The molecule has 0 aliphatic heterocycles. The number of hydrogen-bond acceptors (Lipinski definition) is 4. The number of rotatable bonds is 7. The lowest BCUT2D eigenvalue weighted by Gasteiger charge is -2.12. The molecule has 0 atom stereocenters. The molecule has 0 saturated heterocycles. The minimum Gasteiger partial charge on any atom is -0.351 e. The minimum atomic E-state index is -0.407. The average molecular weight is 372 g/mol. The summed E-state index contributed by atoms with van der Waals surface area (Å²) in [6, 6.07) is 1.58. The normalized spacial score (nSPS) is 11.2. The Labute approximate surface area is 155 Å². The number of amides is 1. The summed E-state index contributed by atoms with van der Waals surface area (Å²) >= 11 is 0. The summed E-state index contributed by atoms with van der Waals surface area (Å²) in [6.45, 7) is 3.79. The van der Waals surface area contributed by atoms with Crippen LogP contribution in [0, 0.1) is 0 Å². The largest absolute Gasteiger partial charge is 0.351 e. The first-order valence-electron chi connectivity index (χ1n) is 8.99. The molecule has 3 heterocycles. The average Bonchev–Trinajstić information content (AvgIpc) is 3.30. The second-order valence-corrected chi connectivity index (χ2v) is 6.53. The Morgan fingerprint density at radius 3 is 2.63 bits per heavy atom. The first-order chi connectivity index (χ1) is 13.0. The summed E-state index contributed by atoms with van der Waals surface area (Å²) in [5, 5.41) is 3.27. The molecule has 9 nitrogen and oxygen atoms in total. The molecule has 1 amide bonds. The topological polar surface area (TPSA) is 95.8 Å². The Hall–Kier alpha value is -3.10. The highest BCUT2D eigenvalue weighted by Gasteiger charge is 2.20. The van der Waals surface area contributed by atoms with E-state index in [0.717, 1.165) is 24.0 Å². The maximum Gasteiger partial charge on any atom is 0.332 e. The van der Waals surface area contributed by atoms with E-state index in [0.29, 0.717) is 29.8 Å². The number of imidazole rings is 1. The van der Waals surface area contributed by atoms with Gasteiger partial charge in [0, 0.05) is 46.1 Å². The van der Waals surface area contributed by atoms with Gasteiger partial charge in [0.2, 0.25) is 0 Å². The lowest BCUT2D eigenvalue weighted by atomic mass is 10.3. The van der Waals surface area contributed by atoms with Crippen LogP contribution in [0.5, 0.6) is 0 Å². The van der Waals surface area contributed by atoms with Crippen molar-refractivity contribution < 1.29 is 4.79 Å². The SMILES string of the molecule is CCCn1c(C(=O)NCCCn2ccnc2)cc2c(=O)n(C)c(=O)n(C)c21. The standard InChI is InChI=1S/C18H24N6O3/c1-4-8-24-14(15(25)20-6-5-9-23-10-7-19-12-23)11-13-16(24)21(2)18(27)22(3)17(13)26/h7,10-12H,4-6,8-9H2,1-3H3,(H,20,25). The second-order valence-electron chi connectivity index (χ2n) is 6.53. The van der Waals surface area contributed by atoms with Crippen molar-refractivity contribution in [1.29, 1.82) is 0 Å². The first-order valence-corrected chi connectivity index (χ1v) is 8.99. The zero-order valence-corrected chi connectivity index (χ0v) is 15.8. The molecule has 3 aromatic rings. The van der Waals surface area contributed by atoms with E-state index in [4.69, 9.17) is 0 Å². The predicted molar refractivity (Wildman–Crippen MR) is 102 cm³/mol. The number of nitrogens with zero attached hydrogens (tertiary/aromatic N) is 5. The Morgan fingerprint density at radius 2 is 1.96 bits per heavy atom. The number of carbonyl (C=O) groups excluding carboxylic acids is 1. The van der Waals surface area contributed by atoms with Crippen molar-refractivity contribution in [1.82, 2.24) is 28.6 Å². The van der Waals surface area contributed by atoms with E-state index in [-0.39, 0.29) is 5.91 Å². The molecule has 0 radical (unpaired) electrons. The predicted octanol–water partition coefficient (Wildman–Crippen LogP) is 0.465. The van der Waals surface area contributed by atoms with Crippen LogP contribution in [-0.2, 0) is 27.2 Å². The Morgan fingerprint density at radius 1 is 1.19 bits per heavy atom. The number of aryl methyl sites for hydroxylation is 3. The van der Waals surface area contributed by atoms with Gasteiger partial charge in [-0.15, -0.1) is 0 Å². The second kappa shape index (κ2) is 7.65. The van der Waals surface area contributed by atoms with Gasteiger partial charge >= 0.3 is 5.69 Å². The molecule has 0 fully saturated rings. The van der Waals surface area contributed by atoms with Gasteiger partial charge in [0.1, 0.15) is 11.3 Å². The molecule has 0 aliphatic carbocycles. The van der Waals surface area contributed by atoms with Crippen LogP contribution in [-0.4, -0.2) is 35.7 Å². The van der Waals surface area contributed by atoms with E-state index in [1.807, 2.05) is 17.7 Å². The molecule has 0 bridgehead atoms. The summed E-state index contributed by atoms with van der Waals surface area (Å²) in [7, 11) is 3.06. The van der Waals surface area contributed by atoms with Crippen LogP contribution < -0.4 is 16.6 Å². The van der Waals surface area contributed by atoms with Crippen LogP contribution >= 0.6 is 0 Å². The van der Waals surface area contributed by atoms with Gasteiger partial charge in [-0.1, -0.05) is 6.92 Å². The monoisotopic (exact) mass is 372 g/mol. The van der Waals surface area contributed by atoms with Crippen molar-refractivity contribution in [2.75, 3.05) is 6.54 Å². The molecule has 0 spiro atoms. The van der Waals surface area contributed by atoms with Crippen molar-refractivity contribution in [2.45, 2.75) is 32.9 Å². The first kappa shape index (κ1) is 18.7. The summed E-state index contributed by atoms with van der Waals surface area (Å²) < 4.78 is 6.18. The van der Waals surface area contributed by atoms with Crippen LogP contribution in [0.1, 0.15) is 30.3 Å². The van der Waals surface area contributed by atoms with E-state index in [1.165, 1.54) is 11.6 Å².